The standard InChI is InChI=1S/C13H18BrN/c14-13-7-2-1-6-11(13)9-12(15)8-10-4-3-5-10/h1-2,6-7,10,12H,3-5,8-9,15H2. The Balaban J connectivity index is 1.87. The van der Waals surface area contributed by atoms with E-state index in [0.717, 1.165) is 12.3 Å². The Morgan fingerprint density at radius 1 is 1.33 bits per heavy atom. The van der Waals surface area contributed by atoms with Gasteiger partial charge >= 0.3 is 0 Å². The molecule has 0 aliphatic heterocycles. The molecule has 15 heavy (non-hydrogen) atoms. The molecular weight excluding hydrogens is 250 g/mol. The monoisotopic (exact) mass is 267 g/mol. The maximum Gasteiger partial charge on any atom is 0.0207 e. The van der Waals surface area contributed by atoms with Crippen molar-refractivity contribution in [1.82, 2.24) is 0 Å². The van der Waals surface area contributed by atoms with Gasteiger partial charge in [0.25, 0.3) is 0 Å². The van der Waals surface area contributed by atoms with E-state index in [9.17, 15) is 0 Å². The Morgan fingerprint density at radius 2 is 2.07 bits per heavy atom. The summed E-state index contributed by atoms with van der Waals surface area (Å²) in [5.74, 6) is 0.905. The minimum atomic E-state index is 0.328. The average Bonchev–Trinajstić information content (AvgIpc) is 2.16. The summed E-state index contributed by atoms with van der Waals surface area (Å²) in [5, 5.41) is 0. The van der Waals surface area contributed by atoms with Crippen molar-refractivity contribution in [3.05, 3.63) is 34.3 Å². The average molecular weight is 268 g/mol. The molecule has 0 aromatic heterocycles. The van der Waals surface area contributed by atoms with E-state index in [0.29, 0.717) is 6.04 Å². The molecule has 1 nitrogen and oxygen atoms in total. The Labute approximate surface area is 100 Å². The molecule has 0 spiro atoms. The molecule has 82 valence electrons. The molecule has 1 saturated carbocycles. The van der Waals surface area contributed by atoms with Gasteiger partial charge in [0, 0.05) is 10.5 Å². The molecule has 1 aliphatic rings. The molecule has 1 atom stereocenters. The molecule has 1 aromatic carbocycles. The predicted molar refractivity (Wildman–Crippen MR) is 67.8 cm³/mol. The van der Waals surface area contributed by atoms with Crippen LogP contribution < -0.4 is 5.73 Å². The molecular formula is C13H18BrN. The summed E-state index contributed by atoms with van der Waals surface area (Å²) < 4.78 is 1.19. The van der Waals surface area contributed by atoms with Crippen LogP contribution in [0, 0.1) is 5.92 Å². The van der Waals surface area contributed by atoms with Gasteiger partial charge in [-0.1, -0.05) is 53.4 Å². The van der Waals surface area contributed by atoms with Crippen LogP contribution in [0.5, 0.6) is 0 Å². The first-order chi connectivity index (χ1) is 7.25. The fourth-order valence-electron chi connectivity index (χ4n) is 2.19. The van der Waals surface area contributed by atoms with E-state index in [4.69, 9.17) is 5.73 Å². The van der Waals surface area contributed by atoms with E-state index in [1.54, 1.807) is 0 Å². The zero-order chi connectivity index (χ0) is 10.7. The highest BCUT2D eigenvalue weighted by Crippen LogP contribution is 2.31. The molecule has 2 N–H and O–H groups in total. The van der Waals surface area contributed by atoms with Crippen LogP contribution >= 0.6 is 15.9 Å². The van der Waals surface area contributed by atoms with Gasteiger partial charge in [0.2, 0.25) is 0 Å². The lowest BCUT2D eigenvalue weighted by Gasteiger charge is -2.28. The van der Waals surface area contributed by atoms with Gasteiger partial charge in [-0.15, -0.1) is 0 Å². The third-order valence-electron chi connectivity index (χ3n) is 3.30. The Morgan fingerprint density at radius 3 is 2.67 bits per heavy atom. The summed E-state index contributed by atoms with van der Waals surface area (Å²) >= 11 is 3.57. The summed E-state index contributed by atoms with van der Waals surface area (Å²) in [7, 11) is 0. The molecule has 0 amide bonds. The normalized spacial score (nSPS) is 18.5. The zero-order valence-electron chi connectivity index (χ0n) is 8.95. The number of hydrogen-bond acceptors (Lipinski definition) is 1. The number of hydrogen-bond donors (Lipinski definition) is 1. The lowest BCUT2D eigenvalue weighted by Crippen LogP contribution is -2.28. The SMILES string of the molecule is NC(Cc1ccccc1Br)CC1CCC1. The van der Waals surface area contributed by atoms with Crippen molar-refractivity contribution in [2.45, 2.75) is 38.1 Å². The van der Waals surface area contributed by atoms with Crippen molar-refractivity contribution < 1.29 is 0 Å². The highest BCUT2D eigenvalue weighted by atomic mass is 79.9. The minimum absolute atomic E-state index is 0.328. The second-order valence-corrected chi connectivity index (χ2v) is 5.44. The fraction of sp³-hybridized carbons (Fsp3) is 0.538. The van der Waals surface area contributed by atoms with Gasteiger partial charge in [0.15, 0.2) is 0 Å². The smallest absolute Gasteiger partial charge is 0.0207 e. The quantitative estimate of drug-likeness (QED) is 0.888. The summed E-state index contributed by atoms with van der Waals surface area (Å²) in [6.45, 7) is 0. The number of benzene rings is 1. The summed E-state index contributed by atoms with van der Waals surface area (Å²) in [5.41, 5.74) is 7.50. The van der Waals surface area contributed by atoms with E-state index in [1.165, 1.54) is 35.7 Å². The van der Waals surface area contributed by atoms with Gasteiger partial charge in [0.05, 0.1) is 0 Å². The van der Waals surface area contributed by atoms with Crippen molar-refractivity contribution in [2.75, 3.05) is 0 Å². The van der Waals surface area contributed by atoms with Crippen LogP contribution in [0.2, 0.25) is 0 Å². The topological polar surface area (TPSA) is 26.0 Å². The summed E-state index contributed by atoms with van der Waals surface area (Å²) in [4.78, 5) is 0. The van der Waals surface area contributed by atoms with Gasteiger partial charge < -0.3 is 5.73 Å². The third kappa shape index (κ3) is 3.05. The molecule has 0 bridgehead atoms. The van der Waals surface area contributed by atoms with Crippen LogP contribution in [0.4, 0.5) is 0 Å². The maximum atomic E-state index is 6.16. The largest absolute Gasteiger partial charge is 0.327 e. The molecule has 0 radical (unpaired) electrons. The first-order valence-electron chi connectivity index (χ1n) is 5.74. The van der Waals surface area contributed by atoms with Crippen molar-refractivity contribution in [2.24, 2.45) is 11.7 Å². The van der Waals surface area contributed by atoms with Crippen molar-refractivity contribution in [3.8, 4) is 0 Å². The number of nitrogens with two attached hydrogens (primary N) is 1. The highest BCUT2D eigenvalue weighted by molar-refractivity contribution is 9.10. The first kappa shape index (κ1) is 11.2. The van der Waals surface area contributed by atoms with Crippen LogP contribution in [0.15, 0.2) is 28.7 Å². The zero-order valence-corrected chi connectivity index (χ0v) is 10.5. The highest BCUT2D eigenvalue weighted by Gasteiger charge is 2.20. The maximum absolute atomic E-state index is 6.16. The third-order valence-corrected chi connectivity index (χ3v) is 4.07. The lowest BCUT2D eigenvalue weighted by atomic mass is 9.80. The molecule has 2 heteroatoms. The second kappa shape index (κ2) is 5.13. The van der Waals surface area contributed by atoms with Gasteiger partial charge in [-0.25, -0.2) is 0 Å². The Hall–Kier alpha value is -0.340. The van der Waals surface area contributed by atoms with Crippen molar-refractivity contribution in [3.63, 3.8) is 0 Å². The Bertz CT molecular complexity index is 320. The van der Waals surface area contributed by atoms with Crippen LogP contribution in [-0.4, -0.2) is 6.04 Å². The predicted octanol–water partition coefficient (Wildman–Crippen LogP) is 3.51. The number of halogens is 1. The summed E-state index contributed by atoms with van der Waals surface area (Å²) in [6, 6.07) is 8.70. The van der Waals surface area contributed by atoms with Gasteiger partial charge in [-0.2, -0.15) is 0 Å². The van der Waals surface area contributed by atoms with Crippen molar-refractivity contribution >= 4 is 15.9 Å². The van der Waals surface area contributed by atoms with E-state index in [1.807, 2.05) is 6.07 Å². The van der Waals surface area contributed by atoms with Crippen LogP contribution in [-0.2, 0) is 6.42 Å². The summed E-state index contributed by atoms with van der Waals surface area (Å²) in [6.07, 6.45) is 6.39. The van der Waals surface area contributed by atoms with Gasteiger partial charge in [-0.05, 0) is 30.4 Å². The Kier molecular flexibility index (Phi) is 3.81. The van der Waals surface area contributed by atoms with Gasteiger partial charge in [-0.3, -0.25) is 0 Å². The molecule has 1 aliphatic carbocycles. The molecule has 0 saturated heterocycles. The first-order valence-corrected chi connectivity index (χ1v) is 6.54. The van der Waals surface area contributed by atoms with Crippen LogP contribution in [0.3, 0.4) is 0 Å². The van der Waals surface area contributed by atoms with Gasteiger partial charge in [0.1, 0.15) is 0 Å². The van der Waals surface area contributed by atoms with Crippen molar-refractivity contribution in [1.29, 1.82) is 0 Å². The fourth-order valence-corrected chi connectivity index (χ4v) is 2.63. The molecule has 2 rings (SSSR count). The number of rotatable bonds is 4. The van der Waals surface area contributed by atoms with Crippen LogP contribution in [0.25, 0.3) is 0 Å². The molecule has 1 aromatic rings. The molecule has 1 unspecified atom stereocenters. The van der Waals surface area contributed by atoms with E-state index < -0.39 is 0 Å². The van der Waals surface area contributed by atoms with E-state index in [-0.39, 0.29) is 0 Å². The van der Waals surface area contributed by atoms with Crippen LogP contribution in [0.1, 0.15) is 31.2 Å². The molecule has 0 heterocycles. The second-order valence-electron chi connectivity index (χ2n) is 4.59. The minimum Gasteiger partial charge on any atom is -0.327 e. The van der Waals surface area contributed by atoms with E-state index in [2.05, 4.69) is 34.1 Å². The lowest BCUT2D eigenvalue weighted by molar-refractivity contribution is 0.275. The van der Waals surface area contributed by atoms with E-state index >= 15 is 0 Å². The molecule has 1 fully saturated rings.